The van der Waals surface area contributed by atoms with Gasteiger partial charge < -0.3 is 10.0 Å². The van der Waals surface area contributed by atoms with E-state index in [0.29, 0.717) is 5.56 Å². The first-order valence-corrected chi connectivity index (χ1v) is 4.73. The summed E-state index contributed by atoms with van der Waals surface area (Å²) < 4.78 is 0. The number of nitrogens with zero attached hydrogens (tertiary/aromatic N) is 1. The van der Waals surface area contributed by atoms with Crippen LogP contribution in [0.4, 0.5) is 0 Å². The Balaban J connectivity index is 2.83. The molecular weight excluding hydrogens is 206 g/mol. The largest absolute Gasteiger partial charge is 0.478 e. The van der Waals surface area contributed by atoms with Gasteiger partial charge in [0.2, 0.25) is 0 Å². The van der Waals surface area contributed by atoms with Crippen molar-refractivity contribution in [1.82, 2.24) is 4.90 Å². The van der Waals surface area contributed by atoms with Gasteiger partial charge >= 0.3 is 5.97 Å². The van der Waals surface area contributed by atoms with Crippen LogP contribution in [0.25, 0.3) is 6.08 Å². The highest BCUT2D eigenvalue weighted by atomic mass is 16.4. The maximum Gasteiger partial charge on any atom is 0.328 e. The third-order valence-corrected chi connectivity index (χ3v) is 1.98. The van der Waals surface area contributed by atoms with Gasteiger partial charge in [0.1, 0.15) is 0 Å². The number of hydrogen-bond donors (Lipinski definition) is 1. The lowest BCUT2D eigenvalue weighted by molar-refractivity contribution is -0.131. The van der Waals surface area contributed by atoms with Crippen molar-refractivity contribution in [3.63, 3.8) is 0 Å². The Kier molecular flexibility index (Phi) is 3.83. The fourth-order valence-corrected chi connectivity index (χ4v) is 1.16. The van der Waals surface area contributed by atoms with Crippen LogP contribution in [0.2, 0.25) is 0 Å². The van der Waals surface area contributed by atoms with Crippen LogP contribution in [0.3, 0.4) is 0 Å². The van der Waals surface area contributed by atoms with Crippen LogP contribution in [0.5, 0.6) is 0 Å². The van der Waals surface area contributed by atoms with E-state index in [2.05, 4.69) is 0 Å². The molecule has 0 radical (unpaired) electrons. The molecule has 0 unspecified atom stereocenters. The summed E-state index contributed by atoms with van der Waals surface area (Å²) in [5.74, 6) is -1.07. The molecule has 1 aromatic carbocycles. The number of hydrogen-bond acceptors (Lipinski definition) is 2. The minimum Gasteiger partial charge on any atom is -0.478 e. The van der Waals surface area contributed by atoms with Gasteiger partial charge in [-0.05, 0) is 23.8 Å². The first-order valence-electron chi connectivity index (χ1n) is 4.73. The Hall–Kier alpha value is -2.10. The summed E-state index contributed by atoms with van der Waals surface area (Å²) >= 11 is 0. The van der Waals surface area contributed by atoms with Crippen LogP contribution in [0.15, 0.2) is 30.3 Å². The number of benzene rings is 1. The van der Waals surface area contributed by atoms with Crippen molar-refractivity contribution in [2.45, 2.75) is 0 Å². The molecule has 0 fully saturated rings. The van der Waals surface area contributed by atoms with Gasteiger partial charge in [0.05, 0.1) is 0 Å². The van der Waals surface area contributed by atoms with E-state index in [0.717, 1.165) is 11.6 Å². The lowest BCUT2D eigenvalue weighted by Gasteiger charge is -2.09. The van der Waals surface area contributed by atoms with Crippen LogP contribution < -0.4 is 0 Å². The number of aliphatic carboxylic acids is 1. The van der Waals surface area contributed by atoms with Gasteiger partial charge in [-0.3, -0.25) is 4.79 Å². The standard InChI is InChI=1S/C12H13NO3/c1-13(2)12(16)10-6-3-9(4-7-10)5-8-11(14)15/h3-8H,1-2H3,(H,14,15)/b8-5+. The van der Waals surface area contributed by atoms with Gasteiger partial charge in [0, 0.05) is 25.7 Å². The molecule has 1 aromatic rings. The van der Waals surface area contributed by atoms with E-state index in [9.17, 15) is 9.59 Å². The molecule has 16 heavy (non-hydrogen) atoms. The van der Waals surface area contributed by atoms with E-state index < -0.39 is 5.97 Å². The highest BCUT2D eigenvalue weighted by Crippen LogP contribution is 2.07. The van der Waals surface area contributed by atoms with Crippen molar-refractivity contribution in [3.8, 4) is 0 Å². The molecule has 4 heteroatoms. The molecule has 0 atom stereocenters. The Morgan fingerprint density at radius 3 is 2.19 bits per heavy atom. The molecule has 0 spiro atoms. The number of carboxylic acids is 1. The zero-order valence-electron chi connectivity index (χ0n) is 9.18. The van der Waals surface area contributed by atoms with Crippen LogP contribution >= 0.6 is 0 Å². The summed E-state index contributed by atoms with van der Waals surface area (Å²) in [7, 11) is 3.36. The minimum absolute atomic E-state index is 0.0752. The molecule has 1 rings (SSSR count). The van der Waals surface area contributed by atoms with E-state index in [1.807, 2.05) is 0 Å². The molecule has 1 amide bonds. The van der Waals surface area contributed by atoms with E-state index in [1.165, 1.54) is 11.0 Å². The molecule has 0 aromatic heterocycles. The Morgan fingerprint density at radius 2 is 1.75 bits per heavy atom. The molecule has 0 saturated carbocycles. The third-order valence-electron chi connectivity index (χ3n) is 1.98. The van der Waals surface area contributed by atoms with Crippen molar-refractivity contribution in [3.05, 3.63) is 41.5 Å². The molecule has 0 bridgehead atoms. The molecule has 0 aliphatic heterocycles. The minimum atomic E-state index is -0.992. The zero-order chi connectivity index (χ0) is 12.1. The predicted molar refractivity (Wildman–Crippen MR) is 61.1 cm³/mol. The molecule has 0 saturated heterocycles. The number of carboxylic acid groups (broad SMARTS) is 1. The highest BCUT2D eigenvalue weighted by Gasteiger charge is 2.06. The Morgan fingerprint density at radius 1 is 1.19 bits per heavy atom. The lowest BCUT2D eigenvalue weighted by Crippen LogP contribution is -2.21. The molecule has 0 aliphatic rings. The Labute approximate surface area is 93.8 Å². The molecule has 4 nitrogen and oxygen atoms in total. The fraction of sp³-hybridized carbons (Fsp3) is 0.167. The summed E-state index contributed by atoms with van der Waals surface area (Å²) in [5, 5.41) is 8.44. The van der Waals surface area contributed by atoms with Gasteiger partial charge in [-0.15, -0.1) is 0 Å². The predicted octanol–water partition coefficient (Wildman–Crippen LogP) is 1.49. The average molecular weight is 219 g/mol. The van der Waals surface area contributed by atoms with Gasteiger partial charge in [-0.1, -0.05) is 12.1 Å². The number of rotatable bonds is 3. The van der Waals surface area contributed by atoms with Crippen molar-refractivity contribution < 1.29 is 14.7 Å². The molecule has 0 heterocycles. The highest BCUT2D eigenvalue weighted by molar-refractivity contribution is 5.94. The van der Waals surface area contributed by atoms with E-state index in [4.69, 9.17) is 5.11 Å². The van der Waals surface area contributed by atoms with Gasteiger partial charge in [0.25, 0.3) is 5.91 Å². The van der Waals surface area contributed by atoms with E-state index in [1.54, 1.807) is 38.4 Å². The first-order chi connectivity index (χ1) is 7.50. The Bertz CT molecular complexity index is 418. The number of carbonyl (C=O) groups excluding carboxylic acids is 1. The smallest absolute Gasteiger partial charge is 0.328 e. The normalized spacial score (nSPS) is 10.4. The maximum atomic E-state index is 11.5. The van der Waals surface area contributed by atoms with Crippen molar-refractivity contribution in [1.29, 1.82) is 0 Å². The second kappa shape index (κ2) is 5.11. The second-order valence-electron chi connectivity index (χ2n) is 3.49. The van der Waals surface area contributed by atoms with Gasteiger partial charge in [-0.25, -0.2) is 4.79 Å². The molecule has 1 N–H and O–H groups in total. The number of carbonyl (C=O) groups is 2. The first kappa shape index (κ1) is 12.0. The van der Waals surface area contributed by atoms with Crippen LogP contribution in [-0.2, 0) is 4.79 Å². The van der Waals surface area contributed by atoms with Crippen LogP contribution in [0, 0.1) is 0 Å². The van der Waals surface area contributed by atoms with Gasteiger partial charge in [0.15, 0.2) is 0 Å². The van der Waals surface area contributed by atoms with E-state index in [-0.39, 0.29) is 5.91 Å². The van der Waals surface area contributed by atoms with Crippen LogP contribution in [0.1, 0.15) is 15.9 Å². The summed E-state index contributed by atoms with van der Waals surface area (Å²) in [6.07, 6.45) is 2.54. The quantitative estimate of drug-likeness (QED) is 0.783. The SMILES string of the molecule is CN(C)C(=O)c1ccc(/C=C/C(=O)O)cc1. The summed E-state index contributed by atoms with van der Waals surface area (Å²) in [6, 6.07) is 6.75. The summed E-state index contributed by atoms with van der Waals surface area (Å²) in [5.41, 5.74) is 1.33. The molecule has 0 aliphatic carbocycles. The second-order valence-corrected chi connectivity index (χ2v) is 3.49. The monoisotopic (exact) mass is 219 g/mol. The fourth-order valence-electron chi connectivity index (χ4n) is 1.16. The summed E-state index contributed by atoms with van der Waals surface area (Å²) in [4.78, 5) is 23.3. The van der Waals surface area contributed by atoms with Gasteiger partial charge in [-0.2, -0.15) is 0 Å². The van der Waals surface area contributed by atoms with Crippen molar-refractivity contribution in [2.75, 3.05) is 14.1 Å². The third kappa shape index (κ3) is 3.24. The average Bonchev–Trinajstić information content (AvgIpc) is 2.26. The molecular formula is C12H13NO3. The van der Waals surface area contributed by atoms with Crippen molar-refractivity contribution in [2.24, 2.45) is 0 Å². The maximum absolute atomic E-state index is 11.5. The summed E-state index contributed by atoms with van der Waals surface area (Å²) in [6.45, 7) is 0. The van der Waals surface area contributed by atoms with Crippen LogP contribution in [-0.4, -0.2) is 36.0 Å². The topological polar surface area (TPSA) is 57.6 Å². The number of amides is 1. The lowest BCUT2D eigenvalue weighted by atomic mass is 10.1. The van der Waals surface area contributed by atoms with E-state index >= 15 is 0 Å². The van der Waals surface area contributed by atoms with Crippen molar-refractivity contribution >= 4 is 18.0 Å². The molecule has 84 valence electrons. The zero-order valence-corrected chi connectivity index (χ0v) is 9.18.